The third-order valence-corrected chi connectivity index (χ3v) is 6.75. The lowest BCUT2D eigenvalue weighted by atomic mass is 10.0. The number of fused-ring (bicyclic) bond motifs is 1. The van der Waals surface area contributed by atoms with Gasteiger partial charge in [0, 0.05) is 56.4 Å². The highest BCUT2D eigenvalue weighted by molar-refractivity contribution is 5.81. The molecule has 0 bridgehead atoms. The highest BCUT2D eigenvalue weighted by Gasteiger charge is 2.27. The number of rotatable bonds is 3. The topological polar surface area (TPSA) is 35.5 Å². The van der Waals surface area contributed by atoms with E-state index in [1.54, 1.807) is 6.07 Å². The molecule has 2 fully saturated rings. The van der Waals surface area contributed by atoms with Crippen molar-refractivity contribution in [3.63, 3.8) is 0 Å². The van der Waals surface area contributed by atoms with Crippen LogP contribution >= 0.6 is 0 Å². The molecule has 162 valence electrons. The second-order valence-electron chi connectivity index (χ2n) is 8.70. The summed E-state index contributed by atoms with van der Waals surface area (Å²) in [5, 5.41) is 0.797. The monoisotopic (exact) mass is 419 g/mol. The summed E-state index contributed by atoms with van der Waals surface area (Å²) < 4.78 is 13.6. The number of benzene rings is 2. The van der Waals surface area contributed by atoms with Gasteiger partial charge in [-0.3, -0.25) is 4.90 Å². The summed E-state index contributed by atoms with van der Waals surface area (Å²) in [6.45, 7) is 8.39. The number of hydrogen-bond donors (Lipinski definition) is 0. The Morgan fingerprint density at radius 1 is 0.839 bits per heavy atom. The predicted octanol–water partition coefficient (Wildman–Crippen LogP) is 4.26. The molecule has 2 aliphatic heterocycles. The number of halogens is 1. The van der Waals surface area contributed by atoms with Gasteiger partial charge >= 0.3 is 0 Å². The molecule has 2 saturated heterocycles. The van der Waals surface area contributed by atoms with E-state index in [9.17, 15) is 4.39 Å². The van der Waals surface area contributed by atoms with Gasteiger partial charge in [0.05, 0.1) is 11.2 Å². The van der Waals surface area contributed by atoms with E-state index in [1.165, 1.54) is 30.8 Å². The van der Waals surface area contributed by atoms with Crippen LogP contribution in [0.1, 0.15) is 25.0 Å². The second-order valence-corrected chi connectivity index (χ2v) is 8.70. The van der Waals surface area contributed by atoms with Crippen molar-refractivity contribution in [3.05, 3.63) is 60.0 Å². The van der Waals surface area contributed by atoms with Crippen molar-refractivity contribution in [1.29, 1.82) is 0 Å². The highest BCUT2D eigenvalue weighted by atomic mass is 19.1. The number of para-hydroxylation sites is 1. The third-order valence-electron chi connectivity index (χ3n) is 6.75. The Kier molecular flexibility index (Phi) is 5.72. The molecule has 3 heterocycles. The molecule has 2 aromatic carbocycles. The molecule has 1 aromatic heterocycles. The molecule has 0 saturated carbocycles. The van der Waals surface area contributed by atoms with Gasteiger partial charge in [-0.2, -0.15) is 0 Å². The minimum atomic E-state index is -0.240. The molecule has 0 N–H and O–H groups in total. The van der Waals surface area contributed by atoms with Gasteiger partial charge in [0.15, 0.2) is 0 Å². The number of piperidine rings is 1. The van der Waals surface area contributed by atoms with E-state index in [4.69, 9.17) is 9.97 Å². The van der Waals surface area contributed by atoms with E-state index in [0.717, 1.165) is 68.1 Å². The third kappa shape index (κ3) is 4.35. The van der Waals surface area contributed by atoms with Gasteiger partial charge in [-0.1, -0.05) is 18.2 Å². The molecule has 0 spiro atoms. The maximum absolute atomic E-state index is 13.6. The molecule has 0 radical (unpaired) electrons. The molecule has 2 aliphatic rings. The Morgan fingerprint density at radius 3 is 2.45 bits per heavy atom. The van der Waals surface area contributed by atoms with Crippen molar-refractivity contribution >= 4 is 22.5 Å². The lowest BCUT2D eigenvalue weighted by molar-refractivity contribution is 0.180. The van der Waals surface area contributed by atoms with Crippen LogP contribution in [0.5, 0.6) is 0 Å². The fourth-order valence-electron chi connectivity index (χ4n) is 5.01. The van der Waals surface area contributed by atoms with E-state index < -0.39 is 0 Å². The molecular formula is C25H30FN5. The Labute approximate surface area is 183 Å². The van der Waals surface area contributed by atoms with Gasteiger partial charge in [0.2, 0.25) is 5.95 Å². The number of anilines is 2. The molecule has 6 heteroatoms. The second kappa shape index (κ2) is 8.79. The van der Waals surface area contributed by atoms with Crippen LogP contribution in [0.2, 0.25) is 0 Å². The normalized spacial score (nSPS) is 19.0. The summed E-state index contributed by atoms with van der Waals surface area (Å²) in [7, 11) is 0. The van der Waals surface area contributed by atoms with E-state index in [1.807, 2.05) is 6.92 Å². The number of aryl methyl sites for hydroxylation is 1. The summed E-state index contributed by atoms with van der Waals surface area (Å²) >= 11 is 0. The Bertz CT molecular complexity index is 1030. The first-order valence-electron chi connectivity index (χ1n) is 11.4. The SMILES string of the molecule is Cc1nc(N2CCC(N3CCCN(c4ccccc4)CC3)CC2)nc2ccc(F)cc12. The minimum Gasteiger partial charge on any atom is -0.370 e. The fraction of sp³-hybridized carbons (Fsp3) is 0.440. The van der Waals surface area contributed by atoms with Crippen LogP contribution < -0.4 is 9.80 Å². The molecule has 5 rings (SSSR count). The molecule has 3 aromatic rings. The molecule has 0 unspecified atom stereocenters. The van der Waals surface area contributed by atoms with E-state index in [2.05, 4.69) is 45.0 Å². The average molecular weight is 420 g/mol. The smallest absolute Gasteiger partial charge is 0.226 e. The summed E-state index contributed by atoms with van der Waals surface area (Å²) in [5.74, 6) is 0.539. The number of hydrogen-bond acceptors (Lipinski definition) is 5. The Balaban J connectivity index is 1.22. The van der Waals surface area contributed by atoms with E-state index in [-0.39, 0.29) is 5.82 Å². The van der Waals surface area contributed by atoms with Gasteiger partial charge in [-0.15, -0.1) is 0 Å². The largest absolute Gasteiger partial charge is 0.370 e. The van der Waals surface area contributed by atoms with Crippen molar-refractivity contribution in [2.45, 2.75) is 32.2 Å². The molecule has 31 heavy (non-hydrogen) atoms. The van der Waals surface area contributed by atoms with Crippen LogP contribution in [-0.2, 0) is 0 Å². The lowest BCUT2D eigenvalue weighted by Crippen LogP contribution is -2.46. The van der Waals surface area contributed by atoms with Crippen LogP contribution in [0.15, 0.2) is 48.5 Å². The molecule has 0 amide bonds. The molecule has 5 nitrogen and oxygen atoms in total. The van der Waals surface area contributed by atoms with Crippen molar-refractivity contribution in [2.24, 2.45) is 0 Å². The van der Waals surface area contributed by atoms with Crippen molar-refractivity contribution < 1.29 is 4.39 Å². The van der Waals surface area contributed by atoms with Gasteiger partial charge < -0.3 is 9.80 Å². The first-order valence-corrected chi connectivity index (χ1v) is 11.4. The molecule has 0 atom stereocenters. The summed E-state index contributed by atoms with van der Waals surface area (Å²) in [5.41, 5.74) is 3.00. The molecule has 0 aliphatic carbocycles. The predicted molar refractivity (Wildman–Crippen MR) is 124 cm³/mol. The van der Waals surface area contributed by atoms with Gasteiger partial charge in [0.1, 0.15) is 5.82 Å². The number of aromatic nitrogens is 2. The van der Waals surface area contributed by atoms with Crippen LogP contribution in [0.4, 0.5) is 16.0 Å². The van der Waals surface area contributed by atoms with E-state index in [0.29, 0.717) is 6.04 Å². The van der Waals surface area contributed by atoms with Crippen LogP contribution in [0.25, 0.3) is 10.9 Å². The van der Waals surface area contributed by atoms with Gasteiger partial charge in [-0.25, -0.2) is 14.4 Å². The Morgan fingerprint density at radius 2 is 1.65 bits per heavy atom. The fourth-order valence-corrected chi connectivity index (χ4v) is 5.01. The lowest BCUT2D eigenvalue weighted by Gasteiger charge is -2.38. The highest BCUT2D eigenvalue weighted by Crippen LogP contribution is 2.25. The number of nitrogens with zero attached hydrogens (tertiary/aromatic N) is 5. The summed E-state index contributed by atoms with van der Waals surface area (Å²) in [6.07, 6.45) is 3.48. The molecular weight excluding hydrogens is 389 g/mol. The average Bonchev–Trinajstić information content (AvgIpc) is 3.07. The summed E-state index contributed by atoms with van der Waals surface area (Å²) in [6, 6.07) is 16.2. The zero-order valence-electron chi connectivity index (χ0n) is 18.2. The van der Waals surface area contributed by atoms with Gasteiger partial charge in [-0.05, 0) is 56.5 Å². The quantitative estimate of drug-likeness (QED) is 0.634. The van der Waals surface area contributed by atoms with Crippen LogP contribution in [-0.4, -0.2) is 60.2 Å². The van der Waals surface area contributed by atoms with Crippen molar-refractivity contribution in [2.75, 3.05) is 49.1 Å². The standard InChI is InChI=1S/C25H30FN5/c1-19-23-18-20(26)8-9-24(23)28-25(27-19)31-14-10-22(11-15-31)30-13-5-12-29(16-17-30)21-6-3-2-4-7-21/h2-4,6-9,18,22H,5,10-17H2,1H3. The van der Waals surface area contributed by atoms with E-state index >= 15 is 0 Å². The van der Waals surface area contributed by atoms with Crippen molar-refractivity contribution in [3.8, 4) is 0 Å². The summed E-state index contributed by atoms with van der Waals surface area (Å²) in [4.78, 5) is 16.9. The first kappa shape index (κ1) is 20.2. The van der Waals surface area contributed by atoms with Crippen LogP contribution in [0, 0.1) is 12.7 Å². The Hall–Kier alpha value is -2.73. The first-order chi connectivity index (χ1) is 15.2. The van der Waals surface area contributed by atoms with Crippen LogP contribution in [0.3, 0.4) is 0 Å². The van der Waals surface area contributed by atoms with Crippen molar-refractivity contribution in [1.82, 2.24) is 14.9 Å². The zero-order valence-corrected chi connectivity index (χ0v) is 18.2. The zero-order chi connectivity index (χ0) is 21.2. The maximum atomic E-state index is 13.6. The van der Waals surface area contributed by atoms with Gasteiger partial charge in [0.25, 0.3) is 0 Å². The minimum absolute atomic E-state index is 0.240. The maximum Gasteiger partial charge on any atom is 0.226 e.